The van der Waals surface area contributed by atoms with Crippen LogP contribution in [0.3, 0.4) is 0 Å². The van der Waals surface area contributed by atoms with E-state index in [9.17, 15) is 4.79 Å². The molecule has 82 valence electrons. The largest absolute Gasteiger partial charge is 0.294 e. The van der Waals surface area contributed by atoms with E-state index in [-0.39, 0.29) is 5.78 Å². The van der Waals surface area contributed by atoms with Gasteiger partial charge in [0.2, 0.25) is 0 Å². The lowest BCUT2D eigenvalue weighted by Gasteiger charge is -2.02. The summed E-state index contributed by atoms with van der Waals surface area (Å²) in [5.74, 6) is 0.168. The molecule has 1 aromatic carbocycles. The van der Waals surface area contributed by atoms with Gasteiger partial charge in [-0.25, -0.2) is 4.68 Å². The van der Waals surface area contributed by atoms with Gasteiger partial charge in [-0.05, 0) is 46.9 Å². The number of rotatable bonds is 3. The smallest absolute Gasteiger partial charge is 0.162 e. The number of nitrogens with zero attached hydrogens (tertiary/aromatic N) is 2. The van der Waals surface area contributed by atoms with Crippen molar-refractivity contribution in [3.8, 4) is 5.69 Å². The Kier molecular flexibility index (Phi) is 3.38. The number of halogens is 1. The average Bonchev–Trinajstić information content (AvgIpc) is 2.75. The zero-order valence-corrected chi connectivity index (χ0v) is 11.0. The summed E-state index contributed by atoms with van der Waals surface area (Å²) in [6.45, 7) is 1.87. The number of carbonyl (C=O) groups is 1. The van der Waals surface area contributed by atoms with Crippen LogP contribution in [-0.2, 0) is 0 Å². The van der Waals surface area contributed by atoms with Crippen molar-refractivity contribution in [2.24, 2.45) is 0 Å². The molecule has 1 aromatic heterocycles. The number of hydrogen-bond acceptors (Lipinski definition) is 2. The summed E-state index contributed by atoms with van der Waals surface area (Å²) in [5.41, 5.74) is 1.73. The SMILES string of the molecule is CCC(=O)c1ccc(-n2cc(I)cn2)cc1. The van der Waals surface area contributed by atoms with E-state index in [0.717, 1.165) is 14.8 Å². The minimum Gasteiger partial charge on any atom is -0.294 e. The lowest BCUT2D eigenvalue weighted by molar-refractivity contribution is 0.0988. The van der Waals surface area contributed by atoms with E-state index in [2.05, 4.69) is 27.7 Å². The van der Waals surface area contributed by atoms with E-state index in [4.69, 9.17) is 0 Å². The third kappa shape index (κ3) is 2.32. The van der Waals surface area contributed by atoms with Gasteiger partial charge in [0.15, 0.2) is 5.78 Å². The van der Waals surface area contributed by atoms with Crippen molar-refractivity contribution in [1.82, 2.24) is 9.78 Å². The number of benzene rings is 1. The molecule has 0 saturated heterocycles. The van der Waals surface area contributed by atoms with Gasteiger partial charge in [-0.2, -0.15) is 5.10 Å². The number of aromatic nitrogens is 2. The molecule has 0 unspecified atom stereocenters. The Balaban J connectivity index is 2.29. The molecule has 2 aromatic rings. The highest BCUT2D eigenvalue weighted by Gasteiger charge is 2.03. The lowest BCUT2D eigenvalue weighted by Crippen LogP contribution is -1.98. The predicted octanol–water partition coefficient (Wildman–Crippen LogP) is 3.07. The third-order valence-electron chi connectivity index (χ3n) is 2.33. The Hall–Kier alpha value is -1.17. The summed E-state index contributed by atoms with van der Waals surface area (Å²) < 4.78 is 2.88. The Morgan fingerprint density at radius 2 is 2.06 bits per heavy atom. The van der Waals surface area contributed by atoms with E-state index in [0.29, 0.717) is 6.42 Å². The third-order valence-corrected chi connectivity index (χ3v) is 2.88. The van der Waals surface area contributed by atoms with Gasteiger partial charge in [-0.1, -0.05) is 6.92 Å². The predicted molar refractivity (Wildman–Crippen MR) is 70.9 cm³/mol. The molecule has 0 aliphatic rings. The Labute approximate surface area is 108 Å². The molecule has 0 fully saturated rings. The number of Topliss-reactive ketones (excluding diaryl/α,β-unsaturated/α-hetero) is 1. The van der Waals surface area contributed by atoms with E-state index in [1.807, 2.05) is 37.4 Å². The number of carbonyl (C=O) groups excluding carboxylic acids is 1. The van der Waals surface area contributed by atoms with Gasteiger partial charge >= 0.3 is 0 Å². The molecular formula is C12H11IN2O. The first-order valence-corrected chi connectivity index (χ1v) is 6.12. The zero-order chi connectivity index (χ0) is 11.5. The topological polar surface area (TPSA) is 34.9 Å². The fourth-order valence-electron chi connectivity index (χ4n) is 1.45. The summed E-state index contributed by atoms with van der Waals surface area (Å²) >= 11 is 2.21. The fraction of sp³-hybridized carbons (Fsp3) is 0.167. The van der Waals surface area contributed by atoms with Crippen LogP contribution in [0.4, 0.5) is 0 Å². The van der Waals surface area contributed by atoms with Crippen molar-refractivity contribution in [2.45, 2.75) is 13.3 Å². The Morgan fingerprint density at radius 1 is 1.38 bits per heavy atom. The lowest BCUT2D eigenvalue weighted by atomic mass is 10.1. The highest BCUT2D eigenvalue weighted by molar-refractivity contribution is 14.1. The first kappa shape index (κ1) is 11.3. The van der Waals surface area contributed by atoms with Crippen LogP contribution < -0.4 is 0 Å². The van der Waals surface area contributed by atoms with E-state index >= 15 is 0 Å². The Morgan fingerprint density at radius 3 is 2.56 bits per heavy atom. The average molecular weight is 326 g/mol. The maximum absolute atomic E-state index is 11.4. The molecule has 0 amide bonds. The molecule has 0 aliphatic carbocycles. The second-order valence-electron chi connectivity index (χ2n) is 3.43. The van der Waals surface area contributed by atoms with Gasteiger partial charge in [-0.15, -0.1) is 0 Å². The van der Waals surface area contributed by atoms with Crippen LogP contribution in [0.5, 0.6) is 0 Å². The van der Waals surface area contributed by atoms with Gasteiger partial charge < -0.3 is 0 Å². The van der Waals surface area contributed by atoms with Crippen LogP contribution >= 0.6 is 22.6 Å². The van der Waals surface area contributed by atoms with Crippen molar-refractivity contribution >= 4 is 28.4 Å². The molecule has 16 heavy (non-hydrogen) atoms. The molecule has 0 spiro atoms. The maximum Gasteiger partial charge on any atom is 0.162 e. The van der Waals surface area contributed by atoms with Crippen molar-refractivity contribution < 1.29 is 4.79 Å². The molecule has 1 heterocycles. The molecule has 0 aliphatic heterocycles. The minimum atomic E-state index is 0.168. The van der Waals surface area contributed by atoms with Crippen LogP contribution in [0.2, 0.25) is 0 Å². The Bertz CT molecular complexity index is 502. The van der Waals surface area contributed by atoms with Gasteiger partial charge in [0.25, 0.3) is 0 Å². The van der Waals surface area contributed by atoms with Crippen molar-refractivity contribution in [3.63, 3.8) is 0 Å². The molecule has 0 bridgehead atoms. The molecule has 0 radical (unpaired) electrons. The van der Waals surface area contributed by atoms with Gasteiger partial charge in [0.1, 0.15) is 0 Å². The summed E-state index contributed by atoms with van der Waals surface area (Å²) in [5, 5.41) is 4.20. The van der Waals surface area contributed by atoms with Crippen molar-refractivity contribution in [3.05, 3.63) is 45.8 Å². The monoisotopic (exact) mass is 326 g/mol. The number of hydrogen-bond donors (Lipinski definition) is 0. The van der Waals surface area contributed by atoms with E-state index in [1.54, 1.807) is 10.9 Å². The zero-order valence-electron chi connectivity index (χ0n) is 8.85. The van der Waals surface area contributed by atoms with Gasteiger partial charge in [0.05, 0.1) is 15.5 Å². The summed E-state index contributed by atoms with van der Waals surface area (Å²) in [7, 11) is 0. The molecule has 0 saturated carbocycles. The molecule has 0 N–H and O–H groups in total. The maximum atomic E-state index is 11.4. The second kappa shape index (κ2) is 4.78. The van der Waals surface area contributed by atoms with Crippen LogP contribution in [0.1, 0.15) is 23.7 Å². The number of ketones is 1. The molecule has 2 rings (SSSR count). The molecule has 0 atom stereocenters. The second-order valence-corrected chi connectivity index (χ2v) is 4.67. The van der Waals surface area contributed by atoms with Crippen LogP contribution in [0, 0.1) is 3.57 Å². The fourth-order valence-corrected chi connectivity index (χ4v) is 1.83. The summed E-state index contributed by atoms with van der Waals surface area (Å²) in [6.07, 6.45) is 4.28. The summed E-state index contributed by atoms with van der Waals surface area (Å²) in [4.78, 5) is 11.4. The minimum absolute atomic E-state index is 0.168. The molecular weight excluding hydrogens is 315 g/mol. The van der Waals surface area contributed by atoms with Crippen LogP contribution in [0.25, 0.3) is 5.69 Å². The van der Waals surface area contributed by atoms with Crippen LogP contribution in [0.15, 0.2) is 36.7 Å². The molecule has 4 heteroatoms. The standard InChI is InChI=1S/C12H11IN2O/c1-2-12(16)9-3-5-11(6-4-9)15-8-10(13)7-14-15/h3-8H,2H2,1H3. The first-order valence-electron chi connectivity index (χ1n) is 5.04. The normalized spacial score (nSPS) is 10.4. The molecule has 3 nitrogen and oxygen atoms in total. The summed E-state index contributed by atoms with van der Waals surface area (Å²) in [6, 6.07) is 7.50. The quantitative estimate of drug-likeness (QED) is 0.642. The highest BCUT2D eigenvalue weighted by Crippen LogP contribution is 2.12. The van der Waals surface area contributed by atoms with Gasteiger partial charge in [0, 0.05) is 18.2 Å². The van der Waals surface area contributed by atoms with Gasteiger partial charge in [-0.3, -0.25) is 4.79 Å². The van der Waals surface area contributed by atoms with Crippen molar-refractivity contribution in [2.75, 3.05) is 0 Å². The van der Waals surface area contributed by atoms with Crippen molar-refractivity contribution in [1.29, 1.82) is 0 Å². The van der Waals surface area contributed by atoms with E-state index in [1.165, 1.54) is 0 Å². The van der Waals surface area contributed by atoms with Crippen LogP contribution in [-0.4, -0.2) is 15.6 Å². The van der Waals surface area contributed by atoms with E-state index < -0.39 is 0 Å². The highest BCUT2D eigenvalue weighted by atomic mass is 127. The first-order chi connectivity index (χ1) is 7.70.